The number of nitrogens with one attached hydrogen (secondary N) is 1. The van der Waals surface area contributed by atoms with Gasteiger partial charge in [-0.3, -0.25) is 9.59 Å². The number of ether oxygens (including phenoxy) is 1. The van der Waals surface area contributed by atoms with Crippen molar-refractivity contribution in [2.24, 2.45) is 0 Å². The summed E-state index contributed by atoms with van der Waals surface area (Å²) >= 11 is 6.11. The number of amides is 2. The maximum atomic E-state index is 13.7. The van der Waals surface area contributed by atoms with Crippen molar-refractivity contribution >= 4 is 40.4 Å². The van der Waals surface area contributed by atoms with Crippen LogP contribution in [0.4, 0.5) is 11.4 Å². The minimum absolute atomic E-state index is 0.235. The van der Waals surface area contributed by atoms with Crippen LogP contribution in [-0.2, 0) is 9.59 Å². The Kier molecular flexibility index (Phi) is 6.25. The quantitative estimate of drug-likeness (QED) is 0.454. The summed E-state index contributed by atoms with van der Waals surface area (Å²) in [5.74, 6) is -0.202. The molecule has 0 atom stereocenters. The van der Waals surface area contributed by atoms with E-state index in [2.05, 4.69) is 5.32 Å². The Hall–Kier alpha value is -3.57. The Bertz CT molecular complexity index is 1300. The highest BCUT2D eigenvalue weighted by Gasteiger charge is 2.41. The molecular weight excluding hydrogens is 436 g/mol. The zero-order chi connectivity index (χ0) is 23.7. The molecule has 1 N–H and O–H groups in total. The van der Waals surface area contributed by atoms with Crippen molar-refractivity contribution in [2.45, 2.75) is 27.7 Å². The molecule has 0 aliphatic carbocycles. The monoisotopic (exact) mass is 460 g/mol. The minimum Gasteiger partial charge on any atom is -0.494 e. The molecule has 1 heterocycles. The van der Waals surface area contributed by atoms with Crippen molar-refractivity contribution in [3.63, 3.8) is 0 Å². The SMILES string of the molecule is CCOc1cccc(N2C(=O)C(Nc3ccc(Cl)cc3C)=C(c3ccc(C)cc3C)C2=O)c1. The number of nitrogens with zero attached hydrogens (tertiary/aromatic N) is 1. The van der Waals surface area contributed by atoms with Crippen LogP contribution >= 0.6 is 11.6 Å². The van der Waals surface area contributed by atoms with E-state index in [0.717, 1.165) is 22.3 Å². The summed E-state index contributed by atoms with van der Waals surface area (Å²) in [5, 5.41) is 3.83. The summed E-state index contributed by atoms with van der Waals surface area (Å²) in [6, 6.07) is 18.2. The lowest BCUT2D eigenvalue weighted by Gasteiger charge is -2.17. The zero-order valence-electron chi connectivity index (χ0n) is 19.0. The second kappa shape index (κ2) is 9.12. The smallest absolute Gasteiger partial charge is 0.282 e. The zero-order valence-corrected chi connectivity index (χ0v) is 19.8. The molecule has 0 unspecified atom stereocenters. The van der Waals surface area contributed by atoms with Gasteiger partial charge in [0.1, 0.15) is 11.4 Å². The Labute approximate surface area is 198 Å². The van der Waals surface area contributed by atoms with Gasteiger partial charge in [0.25, 0.3) is 11.8 Å². The van der Waals surface area contributed by atoms with E-state index in [-0.39, 0.29) is 11.6 Å². The summed E-state index contributed by atoms with van der Waals surface area (Å²) in [6.07, 6.45) is 0. The van der Waals surface area contributed by atoms with Gasteiger partial charge in [-0.25, -0.2) is 4.90 Å². The molecule has 6 heteroatoms. The molecule has 0 fully saturated rings. The fourth-order valence-corrected chi connectivity index (χ4v) is 4.23. The highest BCUT2D eigenvalue weighted by atomic mass is 35.5. The van der Waals surface area contributed by atoms with Crippen molar-refractivity contribution in [3.8, 4) is 5.75 Å². The molecule has 3 aromatic rings. The molecule has 1 aliphatic heterocycles. The molecule has 5 nitrogen and oxygen atoms in total. The van der Waals surface area contributed by atoms with E-state index in [4.69, 9.17) is 16.3 Å². The first-order chi connectivity index (χ1) is 15.8. The van der Waals surface area contributed by atoms with Crippen LogP contribution in [-0.4, -0.2) is 18.4 Å². The molecule has 4 rings (SSSR count). The predicted molar refractivity (Wildman–Crippen MR) is 133 cm³/mol. The molecule has 3 aromatic carbocycles. The van der Waals surface area contributed by atoms with Crippen LogP contribution in [0.15, 0.2) is 66.4 Å². The third kappa shape index (κ3) is 4.37. The van der Waals surface area contributed by atoms with Crippen molar-refractivity contribution in [1.82, 2.24) is 0 Å². The van der Waals surface area contributed by atoms with Crippen LogP contribution in [0, 0.1) is 20.8 Å². The average molecular weight is 461 g/mol. The highest BCUT2D eigenvalue weighted by Crippen LogP contribution is 2.36. The van der Waals surface area contributed by atoms with Gasteiger partial charge in [-0.05, 0) is 74.7 Å². The van der Waals surface area contributed by atoms with Crippen LogP contribution in [0.25, 0.3) is 5.57 Å². The van der Waals surface area contributed by atoms with E-state index < -0.39 is 5.91 Å². The van der Waals surface area contributed by atoms with E-state index in [1.807, 2.05) is 52.0 Å². The number of hydrogen-bond acceptors (Lipinski definition) is 4. The Morgan fingerprint density at radius 3 is 2.39 bits per heavy atom. The van der Waals surface area contributed by atoms with Gasteiger partial charge < -0.3 is 10.1 Å². The third-order valence-corrected chi connectivity index (χ3v) is 5.81. The lowest BCUT2D eigenvalue weighted by atomic mass is 9.97. The van der Waals surface area contributed by atoms with Crippen molar-refractivity contribution in [2.75, 3.05) is 16.8 Å². The van der Waals surface area contributed by atoms with Crippen molar-refractivity contribution < 1.29 is 14.3 Å². The van der Waals surface area contributed by atoms with E-state index in [9.17, 15) is 9.59 Å². The highest BCUT2D eigenvalue weighted by molar-refractivity contribution is 6.46. The van der Waals surface area contributed by atoms with Crippen LogP contribution in [0.5, 0.6) is 5.75 Å². The van der Waals surface area contributed by atoms with Gasteiger partial charge in [-0.2, -0.15) is 0 Å². The molecule has 33 heavy (non-hydrogen) atoms. The number of aryl methyl sites for hydroxylation is 3. The fraction of sp³-hybridized carbons (Fsp3) is 0.185. The van der Waals surface area contributed by atoms with Crippen LogP contribution in [0.1, 0.15) is 29.2 Å². The van der Waals surface area contributed by atoms with Crippen LogP contribution in [0.3, 0.4) is 0 Å². The molecular formula is C27H25ClN2O3. The summed E-state index contributed by atoms with van der Waals surface area (Å²) in [7, 11) is 0. The van der Waals surface area contributed by atoms with Gasteiger partial charge >= 0.3 is 0 Å². The Balaban J connectivity index is 1.85. The second-order valence-corrected chi connectivity index (χ2v) is 8.47. The van der Waals surface area contributed by atoms with Gasteiger partial charge in [0.15, 0.2) is 0 Å². The Morgan fingerprint density at radius 1 is 0.909 bits per heavy atom. The first kappa shape index (κ1) is 22.6. The van der Waals surface area contributed by atoms with Gasteiger partial charge in [0.2, 0.25) is 0 Å². The first-order valence-corrected chi connectivity index (χ1v) is 11.1. The standard InChI is InChI=1S/C27H25ClN2O3/c1-5-33-21-8-6-7-20(15-21)30-26(31)24(22-11-9-16(2)13-17(22)3)25(27(30)32)29-23-12-10-19(28)14-18(23)4/h6-15,29H,5H2,1-4H3. The van der Waals surface area contributed by atoms with Gasteiger partial charge in [0, 0.05) is 16.8 Å². The minimum atomic E-state index is -0.419. The fourth-order valence-electron chi connectivity index (χ4n) is 4.01. The molecule has 0 bridgehead atoms. The summed E-state index contributed by atoms with van der Waals surface area (Å²) in [5.41, 5.74) is 5.34. The summed E-state index contributed by atoms with van der Waals surface area (Å²) < 4.78 is 5.58. The maximum absolute atomic E-state index is 13.7. The number of imide groups is 1. The molecule has 0 radical (unpaired) electrons. The lowest BCUT2D eigenvalue weighted by molar-refractivity contribution is -0.120. The molecule has 1 aliphatic rings. The van der Waals surface area contributed by atoms with Crippen molar-refractivity contribution in [1.29, 1.82) is 0 Å². The van der Waals surface area contributed by atoms with E-state index in [1.165, 1.54) is 4.90 Å². The third-order valence-electron chi connectivity index (χ3n) is 5.57. The van der Waals surface area contributed by atoms with Gasteiger partial charge in [0.05, 0.1) is 17.9 Å². The molecule has 0 saturated carbocycles. The number of anilines is 2. The average Bonchev–Trinajstić information content (AvgIpc) is 3.00. The molecule has 0 aromatic heterocycles. The predicted octanol–water partition coefficient (Wildman–Crippen LogP) is 6.06. The normalized spacial score (nSPS) is 13.7. The van der Waals surface area contributed by atoms with Crippen LogP contribution < -0.4 is 15.0 Å². The largest absolute Gasteiger partial charge is 0.494 e. The number of benzene rings is 3. The number of hydrogen-bond donors (Lipinski definition) is 1. The molecule has 0 spiro atoms. The molecule has 0 saturated heterocycles. The Morgan fingerprint density at radius 2 is 1.70 bits per heavy atom. The summed E-state index contributed by atoms with van der Waals surface area (Å²) in [4.78, 5) is 28.6. The summed E-state index contributed by atoms with van der Waals surface area (Å²) in [6.45, 7) is 8.20. The number of rotatable bonds is 6. The number of carbonyl (C=O) groups is 2. The number of halogens is 1. The van der Waals surface area contributed by atoms with Crippen LogP contribution in [0.2, 0.25) is 5.02 Å². The topological polar surface area (TPSA) is 58.6 Å². The van der Waals surface area contributed by atoms with Gasteiger partial charge in [-0.15, -0.1) is 0 Å². The number of carbonyl (C=O) groups excluding carboxylic acids is 2. The van der Waals surface area contributed by atoms with E-state index >= 15 is 0 Å². The molecule has 2 amide bonds. The van der Waals surface area contributed by atoms with Gasteiger partial charge in [-0.1, -0.05) is 41.4 Å². The van der Waals surface area contributed by atoms with E-state index in [1.54, 1.807) is 36.4 Å². The van der Waals surface area contributed by atoms with Crippen molar-refractivity contribution in [3.05, 3.63) is 93.6 Å². The lowest BCUT2D eigenvalue weighted by Crippen LogP contribution is -2.32. The first-order valence-electron chi connectivity index (χ1n) is 10.8. The van der Waals surface area contributed by atoms with E-state index in [0.29, 0.717) is 34.3 Å². The molecule has 168 valence electrons. The maximum Gasteiger partial charge on any atom is 0.282 e. The second-order valence-electron chi connectivity index (χ2n) is 8.03.